The first-order valence-corrected chi connectivity index (χ1v) is 5.69. The normalized spacial score (nSPS) is 12.1. The average molecular weight is 257 g/mol. The minimum Gasteiger partial charge on any atom is -0.496 e. The van der Waals surface area contributed by atoms with E-state index in [0.717, 1.165) is 11.1 Å². The van der Waals surface area contributed by atoms with Gasteiger partial charge in [0.25, 0.3) is 0 Å². The molecule has 1 unspecified atom stereocenters. The summed E-state index contributed by atoms with van der Waals surface area (Å²) in [7, 11) is 1.58. The second-order valence-corrected chi connectivity index (χ2v) is 4.33. The van der Waals surface area contributed by atoms with Gasteiger partial charge in [-0.2, -0.15) is 0 Å². The Bertz CT molecular complexity index is 419. The van der Waals surface area contributed by atoms with Crippen LogP contribution in [0, 0.1) is 6.92 Å². The number of ether oxygens (including phenoxy) is 1. The first-order valence-electron chi connectivity index (χ1n) is 5.32. The highest BCUT2D eigenvalue weighted by Crippen LogP contribution is 2.26. The quantitative estimate of drug-likeness (QED) is 0.861. The van der Waals surface area contributed by atoms with E-state index in [2.05, 4.69) is 5.32 Å². The number of hydrogen-bond acceptors (Lipinski definition) is 3. The van der Waals surface area contributed by atoms with Crippen molar-refractivity contribution in [1.29, 1.82) is 0 Å². The van der Waals surface area contributed by atoms with Gasteiger partial charge in [-0.3, -0.25) is 4.79 Å². The first kappa shape index (κ1) is 13.8. The molecular weight excluding hydrogens is 240 g/mol. The van der Waals surface area contributed by atoms with Crippen molar-refractivity contribution in [3.05, 3.63) is 28.3 Å². The predicted octanol–water partition coefficient (Wildman–Crippen LogP) is 1.62. The maximum atomic E-state index is 11.4. The maximum Gasteiger partial charge on any atom is 0.236 e. The Morgan fingerprint density at radius 3 is 2.76 bits per heavy atom. The lowest BCUT2D eigenvalue weighted by Gasteiger charge is -2.12. The van der Waals surface area contributed by atoms with Gasteiger partial charge in [0.15, 0.2) is 0 Å². The van der Waals surface area contributed by atoms with Crippen LogP contribution >= 0.6 is 11.6 Å². The van der Waals surface area contributed by atoms with Crippen molar-refractivity contribution in [2.45, 2.75) is 26.4 Å². The number of methoxy groups -OCH3 is 1. The lowest BCUT2D eigenvalue weighted by molar-refractivity contribution is -0.122. The Morgan fingerprint density at radius 1 is 1.59 bits per heavy atom. The van der Waals surface area contributed by atoms with Crippen molar-refractivity contribution in [3.8, 4) is 5.75 Å². The summed E-state index contributed by atoms with van der Waals surface area (Å²) < 4.78 is 5.23. The SMILES string of the molecule is COc1cc(C)c(Cl)cc1CNC(=O)C(C)N. The van der Waals surface area contributed by atoms with Crippen LogP contribution in [0.25, 0.3) is 0 Å². The minimum absolute atomic E-state index is 0.205. The van der Waals surface area contributed by atoms with E-state index in [-0.39, 0.29) is 5.91 Å². The topological polar surface area (TPSA) is 64.3 Å². The van der Waals surface area contributed by atoms with E-state index in [0.29, 0.717) is 17.3 Å². The van der Waals surface area contributed by atoms with Crippen LogP contribution in [-0.2, 0) is 11.3 Å². The molecule has 1 aromatic rings. The van der Waals surface area contributed by atoms with Gasteiger partial charge in [0.1, 0.15) is 5.75 Å². The van der Waals surface area contributed by atoms with Crippen LogP contribution in [0.5, 0.6) is 5.75 Å². The third-order valence-electron chi connectivity index (χ3n) is 2.43. The summed E-state index contributed by atoms with van der Waals surface area (Å²) in [4.78, 5) is 11.4. The lowest BCUT2D eigenvalue weighted by atomic mass is 10.1. The van der Waals surface area contributed by atoms with Crippen molar-refractivity contribution >= 4 is 17.5 Å². The van der Waals surface area contributed by atoms with Crippen LogP contribution in [-0.4, -0.2) is 19.1 Å². The van der Waals surface area contributed by atoms with E-state index in [4.69, 9.17) is 22.1 Å². The van der Waals surface area contributed by atoms with Crippen molar-refractivity contribution < 1.29 is 9.53 Å². The minimum atomic E-state index is -0.526. The summed E-state index contributed by atoms with van der Waals surface area (Å²) in [6.45, 7) is 3.88. The number of carbonyl (C=O) groups excluding carboxylic acids is 1. The second-order valence-electron chi connectivity index (χ2n) is 3.92. The Kier molecular flexibility index (Phi) is 4.78. The maximum absolute atomic E-state index is 11.4. The van der Waals surface area contributed by atoms with E-state index in [1.807, 2.05) is 13.0 Å². The van der Waals surface area contributed by atoms with E-state index in [1.54, 1.807) is 20.1 Å². The molecule has 0 fully saturated rings. The van der Waals surface area contributed by atoms with Crippen LogP contribution in [0.3, 0.4) is 0 Å². The summed E-state index contributed by atoms with van der Waals surface area (Å²) in [5.41, 5.74) is 7.22. The molecule has 0 aliphatic heterocycles. The lowest BCUT2D eigenvalue weighted by Crippen LogP contribution is -2.37. The van der Waals surface area contributed by atoms with E-state index >= 15 is 0 Å². The van der Waals surface area contributed by atoms with Crippen LogP contribution in [0.2, 0.25) is 5.02 Å². The van der Waals surface area contributed by atoms with E-state index in [1.165, 1.54) is 0 Å². The van der Waals surface area contributed by atoms with Gasteiger partial charge >= 0.3 is 0 Å². The molecule has 0 aliphatic rings. The summed E-state index contributed by atoms with van der Waals surface area (Å²) in [5.74, 6) is 0.501. The zero-order valence-electron chi connectivity index (χ0n) is 10.2. The third-order valence-corrected chi connectivity index (χ3v) is 2.84. The van der Waals surface area contributed by atoms with Gasteiger partial charge in [-0.15, -0.1) is 0 Å². The molecule has 1 rings (SSSR count). The molecule has 17 heavy (non-hydrogen) atoms. The highest BCUT2D eigenvalue weighted by atomic mass is 35.5. The number of nitrogens with two attached hydrogens (primary N) is 1. The van der Waals surface area contributed by atoms with Crippen molar-refractivity contribution in [1.82, 2.24) is 5.32 Å². The summed E-state index contributed by atoms with van der Waals surface area (Å²) in [6.07, 6.45) is 0. The summed E-state index contributed by atoms with van der Waals surface area (Å²) >= 11 is 6.03. The standard InChI is InChI=1S/C12H17ClN2O2/c1-7-4-11(17-3)9(5-10(7)13)6-15-12(16)8(2)14/h4-5,8H,6,14H2,1-3H3,(H,15,16). The van der Waals surface area contributed by atoms with Crippen LogP contribution in [0.1, 0.15) is 18.1 Å². The number of hydrogen-bond donors (Lipinski definition) is 2. The Morgan fingerprint density at radius 2 is 2.24 bits per heavy atom. The van der Waals surface area contributed by atoms with Crippen LogP contribution < -0.4 is 15.8 Å². The molecule has 94 valence electrons. The van der Waals surface area contributed by atoms with Gasteiger partial charge in [-0.25, -0.2) is 0 Å². The van der Waals surface area contributed by atoms with E-state index < -0.39 is 6.04 Å². The van der Waals surface area contributed by atoms with Crippen molar-refractivity contribution in [3.63, 3.8) is 0 Å². The third kappa shape index (κ3) is 3.61. The molecule has 4 nitrogen and oxygen atoms in total. The van der Waals surface area contributed by atoms with Gasteiger partial charge in [0.05, 0.1) is 13.2 Å². The number of amides is 1. The Hall–Kier alpha value is -1.26. The second kappa shape index (κ2) is 5.89. The average Bonchev–Trinajstić information content (AvgIpc) is 2.29. The predicted molar refractivity (Wildman–Crippen MR) is 68.2 cm³/mol. The molecule has 3 N–H and O–H groups in total. The zero-order chi connectivity index (χ0) is 13.0. The Labute approximate surface area is 106 Å². The van der Waals surface area contributed by atoms with Gasteiger partial charge in [0, 0.05) is 17.1 Å². The smallest absolute Gasteiger partial charge is 0.236 e. The molecule has 0 spiro atoms. The number of rotatable bonds is 4. The molecule has 0 bridgehead atoms. The van der Waals surface area contributed by atoms with Crippen LogP contribution in [0.4, 0.5) is 0 Å². The number of aryl methyl sites for hydroxylation is 1. The molecule has 1 atom stereocenters. The highest BCUT2D eigenvalue weighted by Gasteiger charge is 2.10. The Balaban J connectivity index is 2.83. The van der Waals surface area contributed by atoms with E-state index in [9.17, 15) is 4.79 Å². The van der Waals surface area contributed by atoms with Crippen molar-refractivity contribution in [2.24, 2.45) is 5.73 Å². The fourth-order valence-electron chi connectivity index (χ4n) is 1.37. The van der Waals surface area contributed by atoms with Crippen molar-refractivity contribution in [2.75, 3.05) is 7.11 Å². The molecule has 1 aromatic carbocycles. The first-order chi connectivity index (χ1) is 7.95. The zero-order valence-corrected chi connectivity index (χ0v) is 11.0. The molecule has 0 aliphatic carbocycles. The largest absolute Gasteiger partial charge is 0.496 e. The molecule has 0 saturated heterocycles. The molecule has 1 amide bonds. The number of nitrogens with one attached hydrogen (secondary N) is 1. The van der Waals surface area contributed by atoms with Gasteiger partial charge in [-0.05, 0) is 31.5 Å². The molecule has 0 heterocycles. The monoisotopic (exact) mass is 256 g/mol. The number of benzene rings is 1. The molecule has 0 saturated carbocycles. The summed E-state index contributed by atoms with van der Waals surface area (Å²) in [5, 5.41) is 3.37. The summed E-state index contributed by atoms with van der Waals surface area (Å²) in [6, 6.07) is 3.11. The van der Waals surface area contributed by atoms with Crippen LogP contribution in [0.15, 0.2) is 12.1 Å². The van der Waals surface area contributed by atoms with Gasteiger partial charge < -0.3 is 15.8 Å². The highest BCUT2D eigenvalue weighted by molar-refractivity contribution is 6.31. The fourth-order valence-corrected chi connectivity index (χ4v) is 1.55. The molecule has 0 aromatic heterocycles. The number of halogens is 1. The van der Waals surface area contributed by atoms with Gasteiger partial charge in [-0.1, -0.05) is 11.6 Å². The molecule has 5 heteroatoms. The molecular formula is C12H17ClN2O2. The molecule has 0 radical (unpaired) electrons. The fraction of sp³-hybridized carbons (Fsp3) is 0.417. The number of carbonyl (C=O) groups is 1. The van der Waals surface area contributed by atoms with Gasteiger partial charge in [0.2, 0.25) is 5.91 Å².